The lowest BCUT2D eigenvalue weighted by molar-refractivity contribution is 0.0925. The minimum atomic E-state index is -0.0915. The monoisotopic (exact) mass is 328 g/mol. The molecule has 3 heterocycles. The average molecular weight is 328 g/mol. The number of aryl methyl sites for hydroxylation is 3. The third kappa shape index (κ3) is 3.25. The van der Waals surface area contributed by atoms with Crippen LogP contribution in [0.1, 0.15) is 40.3 Å². The summed E-state index contributed by atoms with van der Waals surface area (Å²) in [6, 6.07) is 2.00. The molecular formula is C17H24N6O. The first-order valence-electron chi connectivity index (χ1n) is 8.30. The van der Waals surface area contributed by atoms with Gasteiger partial charge in [-0.3, -0.25) is 9.48 Å². The van der Waals surface area contributed by atoms with Gasteiger partial charge in [-0.25, -0.2) is 9.97 Å². The highest BCUT2D eigenvalue weighted by molar-refractivity contribution is 5.92. The fourth-order valence-corrected chi connectivity index (χ4v) is 3.01. The van der Waals surface area contributed by atoms with E-state index in [9.17, 15) is 4.79 Å². The zero-order valence-electron chi connectivity index (χ0n) is 14.7. The van der Waals surface area contributed by atoms with Crippen molar-refractivity contribution in [3.05, 3.63) is 35.0 Å². The second kappa shape index (κ2) is 6.59. The van der Waals surface area contributed by atoms with E-state index >= 15 is 0 Å². The van der Waals surface area contributed by atoms with Gasteiger partial charge < -0.3 is 10.2 Å². The van der Waals surface area contributed by atoms with Gasteiger partial charge in [-0.1, -0.05) is 0 Å². The molecule has 1 N–H and O–H groups in total. The van der Waals surface area contributed by atoms with E-state index in [0.717, 1.165) is 48.7 Å². The van der Waals surface area contributed by atoms with Crippen molar-refractivity contribution in [3.63, 3.8) is 0 Å². The fraction of sp³-hybridized carbons (Fsp3) is 0.529. The molecule has 2 aromatic rings. The predicted octanol–water partition coefficient (Wildman–Crippen LogP) is 1.53. The number of piperidine rings is 1. The van der Waals surface area contributed by atoms with Crippen LogP contribution >= 0.6 is 0 Å². The van der Waals surface area contributed by atoms with Crippen molar-refractivity contribution in [1.29, 1.82) is 0 Å². The maximum absolute atomic E-state index is 12.3. The van der Waals surface area contributed by atoms with Crippen molar-refractivity contribution in [1.82, 2.24) is 25.1 Å². The molecule has 2 aromatic heterocycles. The molecule has 1 aliphatic heterocycles. The molecule has 1 saturated heterocycles. The molecule has 0 spiro atoms. The molecule has 3 rings (SSSR count). The quantitative estimate of drug-likeness (QED) is 0.925. The van der Waals surface area contributed by atoms with Crippen LogP contribution in [0.2, 0.25) is 0 Å². The molecule has 0 unspecified atom stereocenters. The van der Waals surface area contributed by atoms with Gasteiger partial charge in [0.2, 0.25) is 0 Å². The van der Waals surface area contributed by atoms with E-state index in [1.165, 1.54) is 0 Å². The van der Waals surface area contributed by atoms with Crippen molar-refractivity contribution in [2.45, 2.75) is 39.7 Å². The maximum Gasteiger partial charge on any atom is 0.272 e. The normalized spacial score (nSPS) is 15.6. The van der Waals surface area contributed by atoms with Crippen LogP contribution in [-0.4, -0.2) is 44.8 Å². The van der Waals surface area contributed by atoms with Crippen LogP contribution in [-0.2, 0) is 7.05 Å². The van der Waals surface area contributed by atoms with Crippen LogP contribution in [0, 0.1) is 20.8 Å². The van der Waals surface area contributed by atoms with Crippen molar-refractivity contribution in [2.75, 3.05) is 18.0 Å². The Bertz CT molecular complexity index is 726. The first-order valence-corrected chi connectivity index (χ1v) is 8.30. The number of carbonyl (C=O) groups excluding carboxylic acids is 1. The zero-order chi connectivity index (χ0) is 17.3. The summed E-state index contributed by atoms with van der Waals surface area (Å²) in [4.78, 5) is 23.2. The molecular weight excluding hydrogens is 304 g/mol. The molecule has 1 aliphatic rings. The molecule has 0 bridgehead atoms. The minimum absolute atomic E-state index is 0.0915. The Morgan fingerprint density at radius 1 is 1.21 bits per heavy atom. The number of hydrogen-bond donors (Lipinski definition) is 1. The van der Waals surface area contributed by atoms with E-state index in [0.29, 0.717) is 5.69 Å². The molecule has 0 saturated carbocycles. The summed E-state index contributed by atoms with van der Waals surface area (Å²) in [5.74, 6) is 0.916. The lowest BCUT2D eigenvalue weighted by Gasteiger charge is -2.33. The van der Waals surface area contributed by atoms with E-state index in [2.05, 4.69) is 32.2 Å². The van der Waals surface area contributed by atoms with Crippen molar-refractivity contribution < 1.29 is 4.79 Å². The average Bonchev–Trinajstić information content (AvgIpc) is 2.90. The van der Waals surface area contributed by atoms with Crippen molar-refractivity contribution in [2.24, 2.45) is 7.05 Å². The largest absolute Gasteiger partial charge is 0.356 e. The summed E-state index contributed by atoms with van der Waals surface area (Å²) in [6.45, 7) is 7.76. The summed E-state index contributed by atoms with van der Waals surface area (Å²) in [7, 11) is 1.84. The van der Waals surface area contributed by atoms with Crippen LogP contribution in [0.5, 0.6) is 0 Å². The Morgan fingerprint density at radius 3 is 2.54 bits per heavy atom. The smallest absolute Gasteiger partial charge is 0.272 e. The number of nitrogens with zero attached hydrogens (tertiary/aromatic N) is 5. The van der Waals surface area contributed by atoms with Gasteiger partial charge in [0.25, 0.3) is 5.91 Å². The molecule has 128 valence electrons. The summed E-state index contributed by atoms with van der Waals surface area (Å²) >= 11 is 0. The lowest BCUT2D eigenvalue weighted by Crippen LogP contribution is -2.45. The van der Waals surface area contributed by atoms with E-state index < -0.39 is 0 Å². The highest BCUT2D eigenvalue weighted by Gasteiger charge is 2.24. The molecule has 1 amide bonds. The van der Waals surface area contributed by atoms with Crippen LogP contribution in [0.3, 0.4) is 0 Å². The van der Waals surface area contributed by atoms with Crippen LogP contribution in [0.25, 0.3) is 0 Å². The van der Waals surface area contributed by atoms with Crippen molar-refractivity contribution >= 4 is 11.7 Å². The number of nitrogens with one attached hydrogen (secondary N) is 1. The maximum atomic E-state index is 12.3. The Kier molecular flexibility index (Phi) is 4.51. The number of carbonyl (C=O) groups is 1. The van der Waals surface area contributed by atoms with Gasteiger partial charge in [-0.15, -0.1) is 0 Å². The molecule has 1 fully saturated rings. The van der Waals surface area contributed by atoms with Gasteiger partial charge >= 0.3 is 0 Å². The number of aromatic nitrogens is 4. The van der Waals surface area contributed by atoms with Gasteiger partial charge in [0, 0.05) is 43.1 Å². The highest BCUT2D eigenvalue weighted by atomic mass is 16.2. The third-order valence-electron chi connectivity index (χ3n) is 4.79. The Balaban J connectivity index is 1.59. The molecule has 7 heteroatoms. The molecule has 0 aromatic carbocycles. The van der Waals surface area contributed by atoms with Gasteiger partial charge in [-0.05, 0) is 39.7 Å². The summed E-state index contributed by atoms with van der Waals surface area (Å²) in [6.07, 6.45) is 3.43. The first-order chi connectivity index (χ1) is 11.5. The summed E-state index contributed by atoms with van der Waals surface area (Å²) in [5, 5.41) is 7.34. The topological polar surface area (TPSA) is 75.9 Å². The van der Waals surface area contributed by atoms with Crippen LogP contribution in [0.4, 0.5) is 5.82 Å². The van der Waals surface area contributed by atoms with E-state index in [-0.39, 0.29) is 11.9 Å². The fourth-order valence-electron chi connectivity index (χ4n) is 3.01. The van der Waals surface area contributed by atoms with Crippen LogP contribution < -0.4 is 10.2 Å². The zero-order valence-corrected chi connectivity index (χ0v) is 14.7. The predicted molar refractivity (Wildman–Crippen MR) is 92.2 cm³/mol. The Morgan fingerprint density at radius 2 is 1.92 bits per heavy atom. The Labute approximate surface area is 142 Å². The number of hydrogen-bond acceptors (Lipinski definition) is 5. The first kappa shape index (κ1) is 16.4. The Hall–Kier alpha value is -2.44. The molecule has 24 heavy (non-hydrogen) atoms. The van der Waals surface area contributed by atoms with Gasteiger partial charge in [0.15, 0.2) is 0 Å². The molecule has 0 atom stereocenters. The van der Waals surface area contributed by atoms with Gasteiger partial charge in [-0.2, -0.15) is 5.10 Å². The lowest BCUT2D eigenvalue weighted by atomic mass is 10.0. The van der Waals surface area contributed by atoms with Gasteiger partial charge in [0.1, 0.15) is 17.8 Å². The second-order valence-electron chi connectivity index (χ2n) is 6.44. The van der Waals surface area contributed by atoms with Crippen molar-refractivity contribution in [3.8, 4) is 0 Å². The van der Waals surface area contributed by atoms with Crippen LogP contribution in [0.15, 0.2) is 12.4 Å². The number of anilines is 1. The molecule has 0 radical (unpaired) electrons. The summed E-state index contributed by atoms with van der Waals surface area (Å²) in [5.41, 5.74) is 3.61. The van der Waals surface area contributed by atoms with E-state index in [4.69, 9.17) is 0 Å². The standard InChI is InChI=1S/C17H24N6O/c1-11-9-15(21-22(11)4)17(24)20-14-5-7-23(8-6-14)16-12(2)13(3)18-10-19-16/h9-10,14H,5-8H2,1-4H3,(H,20,24). The summed E-state index contributed by atoms with van der Waals surface area (Å²) < 4.78 is 1.72. The SMILES string of the molecule is Cc1ncnc(N2CCC(NC(=O)c3cc(C)n(C)n3)CC2)c1C. The highest BCUT2D eigenvalue weighted by Crippen LogP contribution is 2.22. The van der Waals surface area contributed by atoms with Gasteiger partial charge in [0.05, 0.1) is 0 Å². The third-order valence-corrected chi connectivity index (χ3v) is 4.79. The molecule has 7 nitrogen and oxygen atoms in total. The number of rotatable bonds is 3. The number of amides is 1. The van der Waals surface area contributed by atoms with E-state index in [1.54, 1.807) is 11.0 Å². The minimum Gasteiger partial charge on any atom is -0.356 e. The van der Waals surface area contributed by atoms with E-state index in [1.807, 2.05) is 27.0 Å². The molecule has 0 aliphatic carbocycles. The second-order valence-corrected chi connectivity index (χ2v) is 6.44.